The molecule has 1 aromatic carbocycles. The Labute approximate surface area is 140 Å². The molecular formula is C15H17Cl2N3O2. The molecule has 2 rings (SSSR count). The standard InChI is InChI=1S/C15H16ClN3O2.ClH/c1-9-18-7-12(8-19-9)13-4-10(2-3-14(13)16)11(6-17)5-15(20)21;/h2-4,7-8,11H,5-6,17H2,1H3,(H,20,21);1H/t11-;/m0./s1. The lowest BCUT2D eigenvalue weighted by Crippen LogP contribution is -2.16. The lowest BCUT2D eigenvalue weighted by molar-refractivity contribution is -0.137. The summed E-state index contributed by atoms with van der Waals surface area (Å²) in [5, 5.41) is 9.51. The van der Waals surface area contributed by atoms with Crippen LogP contribution in [0.1, 0.15) is 23.7 Å². The summed E-state index contributed by atoms with van der Waals surface area (Å²) in [4.78, 5) is 19.2. The molecular weight excluding hydrogens is 325 g/mol. The number of hydrogen-bond donors (Lipinski definition) is 2. The number of benzene rings is 1. The molecule has 1 heterocycles. The van der Waals surface area contributed by atoms with Crippen LogP contribution in [0.2, 0.25) is 5.02 Å². The highest BCUT2D eigenvalue weighted by atomic mass is 35.5. The van der Waals surface area contributed by atoms with Crippen molar-refractivity contribution >= 4 is 30.0 Å². The van der Waals surface area contributed by atoms with Gasteiger partial charge >= 0.3 is 5.97 Å². The van der Waals surface area contributed by atoms with Gasteiger partial charge in [-0.1, -0.05) is 17.7 Å². The van der Waals surface area contributed by atoms with E-state index in [0.29, 0.717) is 10.8 Å². The Bertz CT molecular complexity index is 648. The van der Waals surface area contributed by atoms with E-state index in [1.165, 1.54) is 0 Å². The number of aromatic nitrogens is 2. The second-order valence-electron chi connectivity index (χ2n) is 4.79. The lowest BCUT2D eigenvalue weighted by Gasteiger charge is -2.15. The number of carbonyl (C=O) groups is 1. The topological polar surface area (TPSA) is 89.1 Å². The van der Waals surface area contributed by atoms with Gasteiger partial charge in [-0.15, -0.1) is 12.4 Å². The maximum atomic E-state index is 10.9. The van der Waals surface area contributed by atoms with Crippen molar-refractivity contribution in [1.82, 2.24) is 9.97 Å². The predicted octanol–water partition coefficient (Wildman–Crippen LogP) is 3.04. The molecule has 0 saturated heterocycles. The summed E-state index contributed by atoms with van der Waals surface area (Å²) in [6.45, 7) is 2.07. The molecule has 0 bridgehead atoms. The molecule has 0 fully saturated rings. The summed E-state index contributed by atoms with van der Waals surface area (Å²) >= 11 is 6.22. The van der Waals surface area contributed by atoms with Crippen molar-refractivity contribution in [2.45, 2.75) is 19.3 Å². The number of aliphatic carboxylic acids is 1. The number of nitrogens with zero attached hydrogens (tertiary/aromatic N) is 2. The second kappa shape index (κ2) is 8.08. The number of aryl methyl sites for hydroxylation is 1. The van der Waals surface area contributed by atoms with E-state index in [4.69, 9.17) is 22.4 Å². The van der Waals surface area contributed by atoms with Crippen molar-refractivity contribution in [1.29, 1.82) is 0 Å². The third kappa shape index (κ3) is 4.40. The fourth-order valence-electron chi connectivity index (χ4n) is 2.10. The van der Waals surface area contributed by atoms with Crippen molar-refractivity contribution in [3.05, 3.63) is 47.0 Å². The van der Waals surface area contributed by atoms with Gasteiger partial charge in [-0.3, -0.25) is 4.79 Å². The normalized spacial score (nSPS) is 11.6. The van der Waals surface area contributed by atoms with Gasteiger partial charge in [0.1, 0.15) is 5.82 Å². The highest BCUT2D eigenvalue weighted by molar-refractivity contribution is 6.33. The van der Waals surface area contributed by atoms with E-state index in [1.807, 2.05) is 6.07 Å². The van der Waals surface area contributed by atoms with Crippen molar-refractivity contribution in [3.63, 3.8) is 0 Å². The highest BCUT2D eigenvalue weighted by Gasteiger charge is 2.16. The molecule has 0 saturated carbocycles. The molecule has 0 amide bonds. The molecule has 2 aromatic rings. The monoisotopic (exact) mass is 341 g/mol. The summed E-state index contributed by atoms with van der Waals surface area (Å²) in [6, 6.07) is 5.41. The molecule has 0 spiro atoms. The quantitative estimate of drug-likeness (QED) is 0.872. The number of carboxylic acids is 1. The van der Waals surface area contributed by atoms with E-state index >= 15 is 0 Å². The first-order valence-corrected chi connectivity index (χ1v) is 6.89. The first-order chi connectivity index (χ1) is 10.0. The zero-order valence-corrected chi connectivity index (χ0v) is 13.6. The number of carboxylic acid groups (broad SMARTS) is 1. The molecule has 0 aliphatic rings. The summed E-state index contributed by atoms with van der Waals surface area (Å²) in [6.07, 6.45) is 3.38. The first kappa shape index (κ1) is 18.4. The van der Waals surface area contributed by atoms with Crippen LogP contribution >= 0.6 is 24.0 Å². The van der Waals surface area contributed by atoms with Crippen LogP contribution in [-0.4, -0.2) is 27.6 Å². The SMILES string of the molecule is Cc1ncc(-c2cc([C@H](CN)CC(=O)O)ccc2Cl)cn1.Cl. The summed E-state index contributed by atoms with van der Waals surface area (Å²) < 4.78 is 0. The highest BCUT2D eigenvalue weighted by Crippen LogP contribution is 2.31. The van der Waals surface area contributed by atoms with Crippen LogP contribution in [-0.2, 0) is 4.79 Å². The Balaban J connectivity index is 0.00000242. The Morgan fingerprint density at radius 1 is 1.36 bits per heavy atom. The van der Waals surface area contributed by atoms with Crippen molar-refractivity contribution < 1.29 is 9.90 Å². The van der Waals surface area contributed by atoms with Gasteiger partial charge in [0.15, 0.2) is 0 Å². The van der Waals surface area contributed by atoms with Gasteiger partial charge < -0.3 is 10.8 Å². The van der Waals surface area contributed by atoms with Crippen molar-refractivity contribution in [2.75, 3.05) is 6.54 Å². The molecule has 0 unspecified atom stereocenters. The molecule has 1 atom stereocenters. The number of rotatable bonds is 5. The molecule has 1 aromatic heterocycles. The average Bonchev–Trinajstić information content (AvgIpc) is 2.46. The van der Waals surface area contributed by atoms with E-state index in [-0.39, 0.29) is 31.3 Å². The van der Waals surface area contributed by atoms with Crippen LogP contribution in [0.15, 0.2) is 30.6 Å². The van der Waals surface area contributed by atoms with Crippen molar-refractivity contribution in [3.8, 4) is 11.1 Å². The lowest BCUT2D eigenvalue weighted by atomic mass is 9.93. The van der Waals surface area contributed by atoms with Crippen LogP contribution in [0, 0.1) is 6.92 Å². The van der Waals surface area contributed by atoms with E-state index < -0.39 is 5.97 Å². The van der Waals surface area contributed by atoms with Gasteiger partial charge in [0.25, 0.3) is 0 Å². The Hall–Kier alpha value is -1.69. The second-order valence-corrected chi connectivity index (χ2v) is 5.20. The van der Waals surface area contributed by atoms with Crippen LogP contribution in [0.5, 0.6) is 0 Å². The van der Waals surface area contributed by atoms with Gasteiger partial charge in [0, 0.05) is 34.5 Å². The minimum absolute atomic E-state index is 0. The summed E-state index contributed by atoms with van der Waals surface area (Å²) in [5.41, 5.74) is 8.09. The van der Waals surface area contributed by atoms with Gasteiger partial charge in [0.05, 0.1) is 6.42 Å². The number of halogens is 2. The Morgan fingerprint density at radius 3 is 2.55 bits per heavy atom. The van der Waals surface area contributed by atoms with E-state index in [9.17, 15) is 4.79 Å². The van der Waals surface area contributed by atoms with Crippen LogP contribution in [0.4, 0.5) is 0 Å². The maximum Gasteiger partial charge on any atom is 0.304 e. The molecule has 7 heteroatoms. The fraction of sp³-hybridized carbons (Fsp3) is 0.267. The first-order valence-electron chi connectivity index (χ1n) is 6.51. The van der Waals surface area contributed by atoms with E-state index in [1.54, 1.807) is 31.5 Å². The third-order valence-corrected chi connectivity index (χ3v) is 3.59. The molecule has 22 heavy (non-hydrogen) atoms. The fourth-order valence-corrected chi connectivity index (χ4v) is 2.32. The van der Waals surface area contributed by atoms with Gasteiger partial charge in [0.2, 0.25) is 0 Å². The van der Waals surface area contributed by atoms with Gasteiger partial charge in [-0.05, 0) is 31.2 Å². The zero-order valence-electron chi connectivity index (χ0n) is 12.0. The van der Waals surface area contributed by atoms with E-state index in [0.717, 1.165) is 16.7 Å². The minimum atomic E-state index is -0.874. The Kier molecular flexibility index (Phi) is 6.74. The molecule has 5 nitrogen and oxygen atoms in total. The Morgan fingerprint density at radius 2 is 2.00 bits per heavy atom. The van der Waals surface area contributed by atoms with Crippen LogP contribution in [0.3, 0.4) is 0 Å². The van der Waals surface area contributed by atoms with Gasteiger partial charge in [-0.2, -0.15) is 0 Å². The molecule has 0 aliphatic heterocycles. The van der Waals surface area contributed by atoms with E-state index in [2.05, 4.69) is 9.97 Å². The molecule has 0 radical (unpaired) electrons. The summed E-state index contributed by atoms with van der Waals surface area (Å²) in [5.74, 6) is -0.442. The predicted molar refractivity (Wildman–Crippen MR) is 88.5 cm³/mol. The zero-order chi connectivity index (χ0) is 15.4. The smallest absolute Gasteiger partial charge is 0.304 e. The van der Waals surface area contributed by atoms with Crippen LogP contribution < -0.4 is 5.73 Å². The maximum absolute atomic E-state index is 10.9. The average molecular weight is 342 g/mol. The molecule has 118 valence electrons. The third-order valence-electron chi connectivity index (χ3n) is 3.26. The molecule has 0 aliphatic carbocycles. The van der Waals surface area contributed by atoms with Gasteiger partial charge in [-0.25, -0.2) is 9.97 Å². The van der Waals surface area contributed by atoms with Crippen molar-refractivity contribution in [2.24, 2.45) is 5.73 Å². The molecule has 3 N–H and O–H groups in total. The summed E-state index contributed by atoms with van der Waals surface area (Å²) in [7, 11) is 0. The number of nitrogens with two attached hydrogens (primary N) is 1. The minimum Gasteiger partial charge on any atom is -0.481 e. The number of hydrogen-bond acceptors (Lipinski definition) is 4. The van der Waals surface area contributed by atoms with Crippen LogP contribution in [0.25, 0.3) is 11.1 Å². The largest absolute Gasteiger partial charge is 0.481 e.